The Morgan fingerprint density at radius 3 is 2.31 bits per heavy atom. The number of aromatic nitrogens is 1. The van der Waals surface area contributed by atoms with Crippen LogP contribution in [0.25, 0.3) is 22.2 Å². The first-order valence-electron chi connectivity index (χ1n) is 13.0. The van der Waals surface area contributed by atoms with Gasteiger partial charge in [-0.1, -0.05) is 62.4 Å². The molecule has 168 valence electrons. The molecule has 3 aromatic rings. The van der Waals surface area contributed by atoms with Crippen molar-refractivity contribution < 1.29 is 0 Å². The highest BCUT2D eigenvalue weighted by molar-refractivity contribution is 5.86. The van der Waals surface area contributed by atoms with Crippen LogP contribution in [0.2, 0.25) is 0 Å². The maximum Gasteiger partial charge on any atom is 0.0465 e. The third kappa shape index (κ3) is 4.32. The van der Waals surface area contributed by atoms with Crippen molar-refractivity contribution in [1.29, 1.82) is 0 Å². The van der Waals surface area contributed by atoms with E-state index in [4.69, 9.17) is 0 Å². The van der Waals surface area contributed by atoms with Gasteiger partial charge in [0.05, 0.1) is 0 Å². The van der Waals surface area contributed by atoms with Gasteiger partial charge in [0.15, 0.2) is 0 Å². The quantitative estimate of drug-likeness (QED) is 0.482. The van der Waals surface area contributed by atoms with Crippen LogP contribution < -0.4 is 10.2 Å². The first kappa shape index (κ1) is 20.4. The zero-order chi connectivity index (χ0) is 21.3. The maximum absolute atomic E-state index is 4.12. The lowest BCUT2D eigenvalue weighted by Crippen LogP contribution is -2.47. The molecule has 3 heteroatoms. The van der Waals surface area contributed by atoms with Crippen LogP contribution in [-0.2, 0) is 0 Å². The van der Waals surface area contributed by atoms with Gasteiger partial charge in [-0.3, -0.25) is 0 Å². The van der Waals surface area contributed by atoms with Gasteiger partial charge in [-0.05, 0) is 67.3 Å². The predicted molar refractivity (Wildman–Crippen MR) is 135 cm³/mol. The lowest BCUT2D eigenvalue weighted by Gasteiger charge is -2.37. The SMILES string of the molecule is c1cc(-c2cc3ccccc3[nH]2)cc(N2CCC(N[C@@H]3C[C@@H]4CCC[C@@H](CC4)C3)CC2)c1. The summed E-state index contributed by atoms with van der Waals surface area (Å²) in [5.74, 6) is 1.99. The summed E-state index contributed by atoms with van der Waals surface area (Å²) in [5.41, 5.74) is 5.07. The molecular weight excluding hydrogens is 390 g/mol. The van der Waals surface area contributed by atoms with Crippen LogP contribution in [-0.4, -0.2) is 30.2 Å². The molecule has 1 aromatic heterocycles. The van der Waals surface area contributed by atoms with Gasteiger partial charge in [0.25, 0.3) is 0 Å². The first-order valence-corrected chi connectivity index (χ1v) is 13.0. The lowest BCUT2D eigenvalue weighted by atomic mass is 9.88. The number of nitrogens with one attached hydrogen (secondary N) is 2. The fraction of sp³-hybridized carbons (Fsp3) is 0.517. The molecule has 0 unspecified atom stereocenters. The van der Waals surface area contributed by atoms with Crippen LogP contribution in [0, 0.1) is 11.8 Å². The average Bonchev–Trinajstić information content (AvgIpc) is 3.01. The van der Waals surface area contributed by atoms with Gasteiger partial charge >= 0.3 is 0 Å². The first-order chi connectivity index (χ1) is 15.8. The average molecular weight is 428 g/mol. The summed E-state index contributed by atoms with van der Waals surface area (Å²) in [6.45, 7) is 2.32. The molecule has 2 N–H and O–H groups in total. The largest absolute Gasteiger partial charge is 0.371 e. The number of benzene rings is 2. The second kappa shape index (κ2) is 8.94. The van der Waals surface area contributed by atoms with Crippen molar-refractivity contribution in [2.24, 2.45) is 11.8 Å². The van der Waals surface area contributed by atoms with E-state index < -0.39 is 0 Å². The van der Waals surface area contributed by atoms with Gasteiger partial charge in [-0.25, -0.2) is 0 Å². The van der Waals surface area contributed by atoms with Gasteiger partial charge in [-0.15, -0.1) is 0 Å². The summed E-state index contributed by atoms with van der Waals surface area (Å²) < 4.78 is 0. The predicted octanol–water partition coefficient (Wildman–Crippen LogP) is 6.75. The number of piperidine rings is 1. The van der Waals surface area contributed by atoms with Crippen LogP contribution in [0.3, 0.4) is 0 Å². The Labute approximate surface area is 192 Å². The van der Waals surface area contributed by atoms with Crippen molar-refractivity contribution in [2.75, 3.05) is 18.0 Å². The Hall–Kier alpha value is -2.26. The minimum atomic E-state index is 0.701. The molecule has 2 bridgehead atoms. The van der Waals surface area contributed by atoms with E-state index >= 15 is 0 Å². The van der Waals surface area contributed by atoms with Gasteiger partial charge in [0, 0.05) is 47.5 Å². The number of H-pyrrole nitrogens is 1. The Bertz CT molecular complexity index is 998. The van der Waals surface area contributed by atoms with Crippen LogP contribution >= 0.6 is 0 Å². The molecule has 3 aliphatic rings. The third-order valence-electron chi connectivity index (χ3n) is 8.46. The van der Waals surface area contributed by atoms with Gasteiger partial charge in [0.1, 0.15) is 0 Å². The number of nitrogens with zero attached hydrogens (tertiary/aromatic N) is 1. The molecule has 3 fully saturated rings. The zero-order valence-corrected chi connectivity index (χ0v) is 19.2. The number of anilines is 1. The van der Waals surface area contributed by atoms with Crippen LogP contribution in [0.15, 0.2) is 54.6 Å². The number of hydrogen-bond donors (Lipinski definition) is 2. The molecule has 2 heterocycles. The highest BCUT2D eigenvalue weighted by atomic mass is 15.1. The highest BCUT2D eigenvalue weighted by Gasteiger charge is 2.30. The molecule has 3 atom stereocenters. The Morgan fingerprint density at radius 1 is 0.750 bits per heavy atom. The molecule has 1 aliphatic heterocycles. The Kier molecular flexibility index (Phi) is 5.69. The standard InChI is InChI=1S/C29H37N3/c1-2-10-28-24(7-1)20-29(31-28)23-8-4-9-27(19-23)32-15-13-25(14-16-32)30-26-17-21-5-3-6-22(18-26)12-11-21/h1-2,4,7-10,19-22,25-26,30-31H,3,5-6,11-18H2/t21-,22+,26-. The molecule has 32 heavy (non-hydrogen) atoms. The Morgan fingerprint density at radius 2 is 1.53 bits per heavy atom. The van der Waals surface area contributed by atoms with E-state index in [1.165, 1.54) is 85.6 Å². The van der Waals surface area contributed by atoms with E-state index in [0.717, 1.165) is 31.0 Å². The molecule has 0 spiro atoms. The second-order valence-corrected chi connectivity index (χ2v) is 10.7. The van der Waals surface area contributed by atoms with E-state index in [-0.39, 0.29) is 0 Å². The minimum absolute atomic E-state index is 0.701. The highest BCUT2D eigenvalue weighted by Crippen LogP contribution is 2.38. The summed E-state index contributed by atoms with van der Waals surface area (Å²) >= 11 is 0. The van der Waals surface area contributed by atoms with Gasteiger partial charge in [0.2, 0.25) is 0 Å². The Balaban J connectivity index is 1.09. The molecule has 0 radical (unpaired) electrons. The van der Waals surface area contributed by atoms with E-state index in [0.29, 0.717) is 6.04 Å². The number of aromatic amines is 1. The molecule has 6 rings (SSSR count). The van der Waals surface area contributed by atoms with Crippen molar-refractivity contribution in [1.82, 2.24) is 10.3 Å². The molecule has 1 saturated heterocycles. The van der Waals surface area contributed by atoms with Crippen molar-refractivity contribution in [2.45, 2.75) is 69.9 Å². The smallest absolute Gasteiger partial charge is 0.0465 e. The molecule has 2 aliphatic carbocycles. The maximum atomic E-state index is 4.12. The van der Waals surface area contributed by atoms with E-state index in [1.54, 1.807) is 0 Å². The number of para-hydroxylation sites is 1. The van der Waals surface area contributed by atoms with E-state index in [2.05, 4.69) is 69.8 Å². The van der Waals surface area contributed by atoms with E-state index in [1.807, 2.05) is 0 Å². The lowest BCUT2D eigenvalue weighted by molar-refractivity contribution is 0.276. The molecule has 2 saturated carbocycles. The fourth-order valence-electron chi connectivity index (χ4n) is 6.70. The van der Waals surface area contributed by atoms with Crippen LogP contribution in [0.4, 0.5) is 5.69 Å². The second-order valence-electron chi connectivity index (χ2n) is 10.7. The summed E-state index contributed by atoms with van der Waals surface area (Å²) in [5, 5.41) is 5.40. The molecule has 3 nitrogen and oxygen atoms in total. The topological polar surface area (TPSA) is 31.1 Å². The van der Waals surface area contributed by atoms with Crippen LogP contribution in [0.1, 0.15) is 57.8 Å². The van der Waals surface area contributed by atoms with Crippen molar-refractivity contribution in [3.63, 3.8) is 0 Å². The monoisotopic (exact) mass is 427 g/mol. The molecule has 0 amide bonds. The van der Waals surface area contributed by atoms with Gasteiger partial charge < -0.3 is 15.2 Å². The minimum Gasteiger partial charge on any atom is -0.371 e. The normalized spacial score (nSPS) is 26.9. The summed E-state index contributed by atoms with van der Waals surface area (Å²) in [7, 11) is 0. The molecule has 2 aromatic carbocycles. The fourth-order valence-corrected chi connectivity index (χ4v) is 6.70. The number of hydrogen-bond acceptors (Lipinski definition) is 2. The molecular formula is C29H37N3. The van der Waals surface area contributed by atoms with Crippen molar-refractivity contribution in [3.05, 3.63) is 54.6 Å². The van der Waals surface area contributed by atoms with Gasteiger partial charge in [-0.2, -0.15) is 0 Å². The summed E-state index contributed by atoms with van der Waals surface area (Å²) in [6, 6.07) is 21.4. The third-order valence-corrected chi connectivity index (χ3v) is 8.46. The number of rotatable bonds is 4. The summed E-state index contributed by atoms with van der Waals surface area (Å²) in [4.78, 5) is 6.18. The van der Waals surface area contributed by atoms with Crippen molar-refractivity contribution >= 4 is 16.6 Å². The zero-order valence-electron chi connectivity index (χ0n) is 19.2. The summed E-state index contributed by atoms with van der Waals surface area (Å²) in [6.07, 6.45) is 12.8. The van der Waals surface area contributed by atoms with Crippen molar-refractivity contribution in [3.8, 4) is 11.3 Å². The number of fused-ring (bicyclic) bond motifs is 4. The van der Waals surface area contributed by atoms with E-state index in [9.17, 15) is 0 Å². The van der Waals surface area contributed by atoms with Crippen LogP contribution in [0.5, 0.6) is 0 Å².